The van der Waals surface area contributed by atoms with Crippen molar-refractivity contribution in [1.29, 1.82) is 0 Å². The molecule has 0 aliphatic heterocycles. The molecule has 0 bridgehead atoms. The van der Waals surface area contributed by atoms with Gasteiger partial charge in [-0.05, 0) is 49.1 Å². The second kappa shape index (κ2) is 7.18. The predicted octanol–water partition coefficient (Wildman–Crippen LogP) is 3.93. The number of aliphatic carboxylic acids is 1. The van der Waals surface area contributed by atoms with Crippen molar-refractivity contribution in [3.63, 3.8) is 0 Å². The van der Waals surface area contributed by atoms with Crippen molar-refractivity contribution in [3.8, 4) is 11.5 Å². The summed E-state index contributed by atoms with van der Waals surface area (Å²) in [6.07, 6.45) is 9.72. The zero-order valence-electron chi connectivity index (χ0n) is 11.7. The normalized spacial score (nSPS) is 17.9. The van der Waals surface area contributed by atoms with Crippen LogP contribution in [0.25, 0.3) is 6.08 Å². The van der Waals surface area contributed by atoms with Gasteiger partial charge in [0.05, 0.1) is 12.1 Å². The Morgan fingerprint density at radius 1 is 1.48 bits per heavy atom. The first-order chi connectivity index (χ1) is 10.1. The average Bonchev–Trinajstić information content (AvgIpc) is 2.48. The maximum absolute atomic E-state index is 10.6. The summed E-state index contributed by atoms with van der Waals surface area (Å²) in [6, 6.07) is 3.36. The smallest absolute Gasteiger partial charge is 0.328 e. The minimum absolute atomic E-state index is 0.00874. The number of hydrogen-bond donors (Lipinski definition) is 1. The van der Waals surface area contributed by atoms with Crippen molar-refractivity contribution < 1.29 is 19.4 Å². The van der Waals surface area contributed by atoms with Gasteiger partial charge < -0.3 is 14.6 Å². The summed E-state index contributed by atoms with van der Waals surface area (Å²) in [5.41, 5.74) is 0.644. The van der Waals surface area contributed by atoms with E-state index in [4.69, 9.17) is 26.2 Å². The monoisotopic (exact) mass is 308 g/mol. The third-order valence-corrected chi connectivity index (χ3v) is 3.43. The standard InChI is InChI=1S/C16H17ClO4/c1-20-14-10-11(7-8-15(18)19)9-13(17)16(14)21-12-5-3-2-4-6-12/h3,5,7-10,12H,2,4,6H2,1H3,(H,18,19)/b8-7+. The fourth-order valence-corrected chi connectivity index (χ4v) is 2.41. The van der Waals surface area contributed by atoms with Crippen molar-refractivity contribution in [1.82, 2.24) is 0 Å². The minimum atomic E-state index is -1.02. The van der Waals surface area contributed by atoms with Gasteiger partial charge >= 0.3 is 5.97 Å². The van der Waals surface area contributed by atoms with Crippen LogP contribution >= 0.6 is 11.6 Å². The van der Waals surface area contributed by atoms with Gasteiger partial charge in [-0.1, -0.05) is 17.7 Å². The zero-order chi connectivity index (χ0) is 15.2. The van der Waals surface area contributed by atoms with E-state index in [9.17, 15) is 4.79 Å². The Labute approximate surface area is 128 Å². The molecule has 0 radical (unpaired) electrons. The summed E-state index contributed by atoms with van der Waals surface area (Å²) in [5, 5.41) is 9.06. The van der Waals surface area contributed by atoms with E-state index >= 15 is 0 Å². The van der Waals surface area contributed by atoms with E-state index in [1.807, 2.05) is 6.08 Å². The Morgan fingerprint density at radius 3 is 2.90 bits per heavy atom. The number of carboxylic acids is 1. The van der Waals surface area contributed by atoms with Gasteiger partial charge in [0.15, 0.2) is 11.5 Å². The lowest BCUT2D eigenvalue weighted by molar-refractivity contribution is -0.131. The van der Waals surface area contributed by atoms with Gasteiger partial charge in [-0.25, -0.2) is 4.79 Å². The third-order valence-electron chi connectivity index (χ3n) is 3.15. The SMILES string of the molecule is COc1cc(/C=C/C(=O)O)cc(Cl)c1OC1C=CCCC1. The van der Waals surface area contributed by atoms with Crippen molar-refractivity contribution in [2.45, 2.75) is 25.4 Å². The van der Waals surface area contributed by atoms with Crippen LogP contribution in [0.4, 0.5) is 0 Å². The number of carboxylic acid groups (broad SMARTS) is 1. The van der Waals surface area contributed by atoms with Gasteiger partial charge in [-0.3, -0.25) is 0 Å². The van der Waals surface area contributed by atoms with Gasteiger partial charge in [0, 0.05) is 6.08 Å². The second-order valence-electron chi connectivity index (χ2n) is 4.72. The molecule has 0 saturated heterocycles. The van der Waals surface area contributed by atoms with Crippen molar-refractivity contribution >= 4 is 23.6 Å². The van der Waals surface area contributed by atoms with E-state index in [0.29, 0.717) is 22.1 Å². The number of carbonyl (C=O) groups is 1. The van der Waals surface area contributed by atoms with Gasteiger partial charge in [0.2, 0.25) is 0 Å². The van der Waals surface area contributed by atoms with Crippen molar-refractivity contribution in [3.05, 3.63) is 40.9 Å². The molecule has 2 rings (SSSR count). The molecule has 1 aliphatic carbocycles. The molecular weight excluding hydrogens is 292 g/mol. The molecule has 1 N–H and O–H groups in total. The zero-order valence-corrected chi connectivity index (χ0v) is 12.5. The summed E-state index contributed by atoms with van der Waals surface area (Å²) in [6.45, 7) is 0. The van der Waals surface area contributed by atoms with E-state index < -0.39 is 5.97 Å². The van der Waals surface area contributed by atoms with Crippen LogP contribution in [0.3, 0.4) is 0 Å². The summed E-state index contributed by atoms with van der Waals surface area (Å²) in [5.74, 6) is -0.0348. The van der Waals surface area contributed by atoms with Gasteiger partial charge in [-0.15, -0.1) is 0 Å². The Balaban J connectivity index is 2.26. The van der Waals surface area contributed by atoms with E-state index in [0.717, 1.165) is 25.3 Å². The van der Waals surface area contributed by atoms with Crippen LogP contribution in [-0.4, -0.2) is 24.3 Å². The molecule has 1 aliphatic rings. The lowest BCUT2D eigenvalue weighted by Crippen LogP contribution is -2.16. The van der Waals surface area contributed by atoms with E-state index in [2.05, 4.69) is 6.08 Å². The molecule has 1 unspecified atom stereocenters. The molecule has 112 valence electrons. The number of ether oxygens (including phenoxy) is 2. The fourth-order valence-electron chi connectivity index (χ4n) is 2.15. The highest BCUT2D eigenvalue weighted by Gasteiger charge is 2.17. The molecule has 0 saturated carbocycles. The number of halogens is 1. The molecule has 5 heteroatoms. The number of benzene rings is 1. The molecular formula is C16H17ClO4. The van der Waals surface area contributed by atoms with Crippen molar-refractivity contribution in [2.24, 2.45) is 0 Å². The first-order valence-corrected chi connectivity index (χ1v) is 7.10. The molecule has 0 aromatic heterocycles. The number of methoxy groups -OCH3 is 1. The average molecular weight is 309 g/mol. The lowest BCUT2D eigenvalue weighted by atomic mass is 10.1. The molecule has 0 fully saturated rings. The maximum Gasteiger partial charge on any atom is 0.328 e. The second-order valence-corrected chi connectivity index (χ2v) is 5.13. The summed E-state index contributed by atoms with van der Waals surface area (Å²) < 4.78 is 11.2. The fraction of sp³-hybridized carbons (Fsp3) is 0.312. The van der Waals surface area contributed by atoms with Crippen LogP contribution in [0.2, 0.25) is 5.02 Å². The highest BCUT2D eigenvalue weighted by molar-refractivity contribution is 6.32. The Bertz CT molecular complexity index is 578. The molecule has 1 atom stereocenters. The maximum atomic E-state index is 10.6. The van der Waals surface area contributed by atoms with Crippen LogP contribution < -0.4 is 9.47 Å². The van der Waals surface area contributed by atoms with Gasteiger partial charge in [0.1, 0.15) is 6.10 Å². The van der Waals surface area contributed by atoms with Gasteiger partial charge in [0.25, 0.3) is 0 Å². The first-order valence-electron chi connectivity index (χ1n) is 6.72. The molecule has 21 heavy (non-hydrogen) atoms. The molecule has 4 nitrogen and oxygen atoms in total. The van der Waals surface area contributed by atoms with Crippen LogP contribution in [0.15, 0.2) is 30.4 Å². The van der Waals surface area contributed by atoms with Crippen LogP contribution in [-0.2, 0) is 4.79 Å². The first kappa shape index (κ1) is 15.4. The molecule has 0 spiro atoms. The lowest BCUT2D eigenvalue weighted by Gasteiger charge is -2.21. The highest BCUT2D eigenvalue weighted by Crippen LogP contribution is 2.38. The Morgan fingerprint density at radius 2 is 2.29 bits per heavy atom. The van der Waals surface area contributed by atoms with Crippen molar-refractivity contribution in [2.75, 3.05) is 7.11 Å². The summed E-state index contributed by atoms with van der Waals surface area (Å²) in [7, 11) is 1.53. The number of allylic oxidation sites excluding steroid dienone is 1. The predicted molar refractivity (Wildman–Crippen MR) is 82.1 cm³/mol. The molecule has 0 heterocycles. The molecule has 1 aromatic rings. The third kappa shape index (κ3) is 4.26. The van der Waals surface area contributed by atoms with E-state index in [-0.39, 0.29) is 6.10 Å². The van der Waals surface area contributed by atoms with Crippen LogP contribution in [0, 0.1) is 0 Å². The minimum Gasteiger partial charge on any atom is -0.493 e. The highest BCUT2D eigenvalue weighted by atomic mass is 35.5. The topological polar surface area (TPSA) is 55.8 Å². The van der Waals surface area contributed by atoms with Crippen LogP contribution in [0.5, 0.6) is 11.5 Å². The molecule has 1 aromatic carbocycles. The number of hydrogen-bond acceptors (Lipinski definition) is 3. The number of rotatable bonds is 5. The van der Waals surface area contributed by atoms with Crippen LogP contribution in [0.1, 0.15) is 24.8 Å². The Kier molecular flexibility index (Phi) is 5.28. The van der Waals surface area contributed by atoms with E-state index in [1.54, 1.807) is 12.1 Å². The summed E-state index contributed by atoms with van der Waals surface area (Å²) in [4.78, 5) is 10.6. The quantitative estimate of drug-likeness (QED) is 0.661. The summed E-state index contributed by atoms with van der Waals surface area (Å²) >= 11 is 6.24. The Hall–Kier alpha value is -1.94. The molecule has 0 amide bonds. The van der Waals surface area contributed by atoms with Gasteiger partial charge in [-0.2, -0.15) is 0 Å². The largest absolute Gasteiger partial charge is 0.493 e. The van der Waals surface area contributed by atoms with E-state index in [1.165, 1.54) is 13.2 Å².